The third-order valence-electron chi connectivity index (χ3n) is 6.61. The van der Waals surface area contributed by atoms with E-state index in [0.29, 0.717) is 11.8 Å². The van der Waals surface area contributed by atoms with Crippen molar-refractivity contribution in [3.63, 3.8) is 0 Å². The maximum absolute atomic E-state index is 12.4. The fourth-order valence-corrected chi connectivity index (χ4v) is 4.56. The molecule has 1 aliphatic carbocycles. The molecule has 2 heterocycles. The first-order chi connectivity index (χ1) is 13.1. The first-order valence-electron chi connectivity index (χ1n) is 10.4. The Morgan fingerprint density at radius 3 is 2.70 bits per heavy atom. The Bertz CT molecular complexity index is 658. The largest absolute Gasteiger partial charge is 0.497 e. The highest BCUT2D eigenvalue weighted by Crippen LogP contribution is 2.42. The molecule has 2 aliphatic heterocycles. The minimum Gasteiger partial charge on any atom is -0.497 e. The minimum absolute atomic E-state index is 0.103. The Morgan fingerprint density at radius 1 is 1.26 bits per heavy atom. The standard InChI is InChI=1S/C22H32N2O3/c1-16-14-24(15-18-5-7-19(26-2)8-6-18)12-11-22(16)10-9-20(27-22)21(25)23-13-17-3-4-17/h5-8,16-17,20H,3-4,9-15H2,1-2H3,(H,23,25)/t16-,20?,22+/m0/s1. The summed E-state index contributed by atoms with van der Waals surface area (Å²) in [5, 5.41) is 3.09. The fraction of sp³-hybridized carbons (Fsp3) is 0.682. The van der Waals surface area contributed by atoms with Crippen LogP contribution < -0.4 is 10.1 Å². The SMILES string of the molecule is COc1ccc(CN2CC[C@]3(CCC(C(=O)NCC4CC4)O3)[C@@H](C)C2)cc1. The number of carbonyl (C=O) groups excluding carboxylic acids is 1. The lowest BCUT2D eigenvalue weighted by Gasteiger charge is -2.44. The highest BCUT2D eigenvalue weighted by molar-refractivity contribution is 5.81. The quantitative estimate of drug-likeness (QED) is 0.834. The van der Waals surface area contributed by atoms with E-state index in [1.54, 1.807) is 7.11 Å². The summed E-state index contributed by atoms with van der Waals surface area (Å²) in [6.45, 7) is 6.10. The van der Waals surface area contributed by atoms with Crippen LogP contribution >= 0.6 is 0 Å². The maximum Gasteiger partial charge on any atom is 0.249 e. The van der Waals surface area contributed by atoms with E-state index in [1.807, 2.05) is 12.1 Å². The Morgan fingerprint density at radius 2 is 2.04 bits per heavy atom. The summed E-state index contributed by atoms with van der Waals surface area (Å²) < 4.78 is 11.6. The summed E-state index contributed by atoms with van der Waals surface area (Å²) in [6.07, 6.45) is 5.15. The summed E-state index contributed by atoms with van der Waals surface area (Å²) in [5.41, 5.74) is 1.20. The number of carbonyl (C=O) groups is 1. The van der Waals surface area contributed by atoms with E-state index in [2.05, 4.69) is 29.3 Å². The second-order valence-corrected chi connectivity index (χ2v) is 8.63. The molecule has 0 radical (unpaired) electrons. The Kier molecular flexibility index (Phi) is 5.42. The van der Waals surface area contributed by atoms with Gasteiger partial charge in [0.2, 0.25) is 5.91 Å². The van der Waals surface area contributed by atoms with Crippen molar-refractivity contribution in [2.24, 2.45) is 11.8 Å². The number of benzene rings is 1. The van der Waals surface area contributed by atoms with Crippen molar-refractivity contribution in [2.45, 2.75) is 57.3 Å². The lowest BCUT2D eigenvalue weighted by atomic mass is 9.80. The molecule has 1 N–H and O–H groups in total. The van der Waals surface area contributed by atoms with Crippen molar-refractivity contribution in [3.05, 3.63) is 29.8 Å². The molecule has 1 aromatic rings. The molecule has 2 saturated heterocycles. The number of amides is 1. The fourth-order valence-electron chi connectivity index (χ4n) is 4.56. The predicted molar refractivity (Wildman–Crippen MR) is 105 cm³/mol. The molecule has 0 bridgehead atoms. The van der Waals surface area contributed by atoms with E-state index in [9.17, 15) is 4.79 Å². The van der Waals surface area contributed by atoms with Gasteiger partial charge in [-0.05, 0) is 61.6 Å². The molecule has 1 unspecified atom stereocenters. The van der Waals surface area contributed by atoms with Gasteiger partial charge in [0.05, 0.1) is 12.7 Å². The number of nitrogens with zero attached hydrogens (tertiary/aromatic N) is 1. The molecule has 3 aliphatic rings. The third-order valence-corrected chi connectivity index (χ3v) is 6.61. The predicted octanol–water partition coefficient (Wildman–Crippen LogP) is 2.98. The van der Waals surface area contributed by atoms with Crippen LogP contribution in [0.15, 0.2) is 24.3 Å². The van der Waals surface area contributed by atoms with Gasteiger partial charge in [0, 0.05) is 26.2 Å². The van der Waals surface area contributed by atoms with E-state index in [4.69, 9.17) is 9.47 Å². The first-order valence-corrected chi connectivity index (χ1v) is 10.4. The number of nitrogens with one attached hydrogen (secondary N) is 1. The van der Waals surface area contributed by atoms with Crippen molar-refractivity contribution in [1.82, 2.24) is 10.2 Å². The average molecular weight is 373 g/mol. The summed E-state index contributed by atoms with van der Waals surface area (Å²) in [4.78, 5) is 14.9. The van der Waals surface area contributed by atoms with E-state index >= 15 is 0 Å². The van der Waals surface area contributed by atoms with Crippen LogP contribution in [0.5, 0.6) is 5.75 Å². The van der Waals surface area contributed by atoms with Crippen molar-refractivity contribution in [1.29, 1.82) is 0 Å². The molecule has 27 heavy (non-hydrogen) atoms. The van der Waals surface area contributed by atoms with Crippen molar-refractivity contribution in [2.75, 3.05) is 26.7 Å². The minimum atomic E-state index is -0.251. The second-order valence-electron chi connectivity index (χ2n) is 8.63. The molecule has 1 spiro atoms. The maximum atomic E-state index is 12.4. The van der Waals surface area contributed by atoms with Crippen LogP contribution in [0.1, 0.15) is 44.6 Å². The monoisotopic (exact) mass is 372 g/mol. The van der Waals surface area contributed by atoms with Gasteiger partial charge in [-0.3, -0.25) is 9.69 Å². The first kappa shape index (κ1) is 18.8. The van der Waals surface area contributed by atoms with Crippen LogP contribution in [-0.4, -0.2) is 49.3 Å². The van der Waals surface area contributed by atoms with Crippen LogP contribution in [0.2, 0.25) is 0 Å². The molecule has 0 aromatic heterocycles. The van der Waals surface area contributed by atoms with Crippen molar-refractivity contribution < 1.29 is 14.3 Å². The number of hydrogen-bond donors (Lipinski definition) is 1. The lowest BCUT2D eigenvalue weighted by Crippen LogP contribution is -2.51. The van der Waals surface area contributed by atoms with E-state index in [1.165, 1.54) is 18.4 Å². The molecule has 5 nitrogen and oxygen atoms in total. The Hall–Kier alpha value is -1.59. The van der Waals surface area contributed by atoms with Crippen molar-refractivity contribution in [3.8, 4) is 5.75 Å². The number of likely N-dealkylation sites (tertiary alicyclic amines) is 1. The molecule has 3 atom stereocenters. The summed E-state index contributed by atoms with van der Waals surface area (Å²) in [7, 11) is 1.70. The number of methoxy groups -OCH3 is 1. The molecular weight excluding hydrogens is 340 g/mol. The smallest absolute Gasteiger partial charge is 0.249 e. The lowest BCUT2D eigenvalue weighted by molar-refractivity contribution is -0.147. The normalized spacial score (nSPS) is 31.2. The highest BCUT2D eigenvalue weighted by Gasteiger charge is 2.48. The van der Waals surface area contributed by atoms with Crippen molar-refractivity contribution >= 4 is 5.91 Å². The molecular formula is C22H32N2O3. The molecule has 1 saturated carbocycles. The van der Waals surface area contributed by atoms with Crippen LogP contribution in [0, 0.1) is 11.8 Å². The van der Waals surface area contributed by atoms with E-state index in [-0.39, 0.29) is 17.6 Å². The van der Waals surface area contributed by atoms with Gasteiger partial charge in [0.15, 0.2) is 0 Å². The zero-order valence-electron chi connectivity index (χ0n) is 16.6. The highest BCUT2D eigenvalue weighted by atomic mass is 16.5. The molecule has 3 fully saturated rings. The topological polar surface area (TPSA) is 50.8 Å². The number of hydrogen-bond acceptors (Lipinski definition) is 4. The van der Waals surface area contributed by atoms with Gasteiger partial charge in [0.25, 0.3) is 0 Å². The van der Waals surface area contributed by atoms with Gasteiger partial charge in [-0.1, -0.05) is 19.1 Å². The van der Waals surface area contributed by atoms with Gasteiger partial charge >= 0.3 is 0 Å². The summed E-state index contributed by atoms with van der Waals surface area (Å²) in [6, 6.07) is 8.32. The van der Waals surface area contributed by atoms with Gasteiger partial charge < -0.3 is 14.8 Å². The van der Waals surface area contributed by atoms with Gasteiger partial charge in [-0.2, -0.15) is 0 Å². The number of rotatable bonds is 6. The zero-order valence-corrected chi connectivity index (χ0v) is 16.6. The molecule has 4 rings (SSSR count). The molecule has 148 valence electrons. The van der Waals surface area contributed by atoms with Crippen LogP contribution in [-0.2, 0) is 16.1 Å². The number of ether oxygens (including phenoxy) is 2. The number of piperidine rings is 1. The third kappa shape index (κ3) is 4.30. The van der Waals surface area contributed by atoms with E-state index < -0.39 is 0 Å². The zero-order chi connectivity index (χ0) is 18.9. The van der Waals surface area contributed by atoms with Gasteiger partial charge in [-0.25, -0.2) is 0 Å². The second kappa shape index (κ2) is 7.80. The Labute approximate surface area is 162 Å². The van der Waals surface area contributed by atoms with Crippen LogP contribution in [0.25, 0.3) is 0 Å². The van der Waals surface area contributed by atoms with Crippen LogP contribution in [0.4, 0.5) is 0 Å². The van der Waals surface area contributed by atoms with Gasteiger partial charge in [0.1, 0.15) is 11.9 Å². The van der Waals surface area contributed by atoms with E-state index in [0.717, 1.165) is 51.2 Å². The van der Waals surface area contributed by atoms with Crippen LogP contribution in [0.3, 0.4) is 0 Å². The molecule has 1 aromatic carbocycles. The molecule has 1 amide bonds. The summed E-state index contributed by atoms with van der Waals surface area (Å²) in [5.74, 6) is 2.15. The Balaban J connectivity index is 1.29. The summed E-state index contributed by atoms with van der Waals surface area (Å²) >= 11 is 0. The molecule has 5 heteroatoms. The average Bonchev–Trinajstić information content (AvgIpc) is 3.41. The van der Waals surface area contributed by atoms with Gasteiger partial charge in [-0.15, -0.1) is 0 Å².